The molecule has 0 aliphatic rings. The normalized spacial score (nSPS) is 10.1. The van der Waals surface area contributed by atoms with Gasteiger partial charge in [0.2, 0.25) is 0 Å². The molecule has 0 heterocycles. The van der Waals surface area contributed by atoms with E-state index in [4.69, 9.17) is 9.47 Å². The van der Waals surface area contributed by atoms with Crippen LogP contribution in [0, 0.1) is 0 Å². The third-order valence-corrected chi connectivity index (χ3v) is 4.16. The quantitative estimate of drug-likeness (QED) is 0.449. The molecular formula is C24H20N2O6. The molecule has 162 valence electrons. The average molecular weight is 432 g/mol. The van der Waals surface area contributed by atoms with E-state index >= 15 is 0 Å². The molecule has 0 atom stereocenters. The molecule has 2 amide bonds. The minimum absolute atomic E-state index is 0.349. The highest BCUT2D eigenvalue weighted by Crippen LogP contribution is 2.18. The first-order valence-corrected chi connectivity index (χ1v) is 9.60. The van der Waals surface area contributed by atoms with E-state index in [0.29, 0.717) is 34.0 Å². The van der Waals surface area contributed by atoms with Gasteiger partial charge in [-0.15, -0.1) is 0 Å². The molecule has 0 unspecified atom stereocenters. The molecule has 0 fully saturated rings. The number of hydrogen-bond acceptors (Lipinski definition) is 6. The van der Waals surface area contributed by atoms with Crippen molar-refractivity contribution in [1.82, 2.24) is 0 Å². The molecule has 2 N–H and O–H groups in total. The average Bonchev–Trinajstić information content (AvgIpc) is 2.76. The van der Waals surface area contributed by atoms with Crippen LogP contribution in [0.4, 0.5) is 11.4 Å². The van der Waals surface area contributed by atoms with Crippen molar-refractivity contribution in [2.75, 3.05) is 10.6 Å². The van der Waals surface area contributed by atoms with Crippen molar-refractivity contribution in [3.8, 4) is 11.5 Å². The van der Waals surface area contributed by atoms with Crippen molar-refractivity contribution >= 4 is 35.1 Å². The first-order valence-electron chi connectivity index (χ1n) is 9.60. The van der Waals surface area contributed by atoms with Crippen molar-refractivity contribution in [3.05, 3.63) is 83.9 Å². The lowest BCUT2D eigenvalue weighted by atomic mass is 10.1. The van der Waals surface area contributed by atoms with Crippen molar-refractivity contribution in [1.29, 1.82) is 0 Å². The number of amides is 2. The van der Waals surface area contributed by atoms with Crippen LogP contribution in [0.3, 0.4) is 0 Å². The number of carbonyl (C=O) groups excluding carboxylic acids is 4. The largest absolute Gasteiger partial charge is 0.427 e. The van der Waals surface area contributed by atoms with E-state index < -0.39 is 11.9 Å². The lowest BCUT2D eigenvalue weighted by Gasteiger charge is -2.08. The Labute approximate surface area is 184 Å². The number of hydrogen-bond donors (Lipinski definition) is 2. The van der Waals surface area contributed by atoms with Gasteiger partial charge in [0.15, 0.2) is 0 Å². The number of esters is 2. The summed E-state index contributed by atoms with van der Waals surface area (Å²) in [5, 5.41) is 5.46. The van der Waals surface area contributed by atoms with Crippen LogP contribution in [-0.2, 0) is 9.59 Å². The summed E-state index contributed by atoms with van der Waals surface area (Å²) < 4.78 is 9.90. The second-order valence-corrected chi connectivity index (χ2v) is 6.72. The molecule has 0 saturated heterocycles. The molecular weight excluding hydrogens is 412 g/mol. The maximum atomic E-state index is 12.4. The van der Waals surface area contributed by atoms with Gasteiger partial charge in [-0.25, -0.2) is 0 Å². The zero-order valence-electron chi connectivity index (χ0n) is 17.4. The first kappa shape index (κ1) is 22.2. The van der Waals surface area contributed by atoms with Crippen LogP contribution in [0.2, 0.25) is 0 Å². The van der Waals surface area contributed by atoms with Gasteiger partial charge >= 0.3 is 11.9 Å². The van der Waals surface area contributed by atoms with E-state index in [-0.39, 0.29) is 11.8 Å². The van der Waals surface area contributed by atoms with Crippen LogP contribution in [-0.4, -0.2) is 23.8 Å². The Hall–Kier alpha value is -4.46. The first-order chi connectivity index (χ1) is 15.3. The van der Waals surface area contributed by atoms with Gasteiger partial charge < -0.3 is 20.1 Å². The van der Waals surface area contributed by atoms with E-state index in [1.165, 1.54) is 13.8 Å². The van der Waals surface area contributed by atoms with Crippen molar-refractivity contribution in [2.45, 2.75) is 13.8 Å². The summed E-state index contributed by atoms with van der Waals surface area (Å²) >= 11 is 0. The monoisotopic (exact) mass is 432 g/mol. The van der Waals surface area contributed by atoms with Crippen LogP contribution >= 0.6 is 0 Å². The Balaban J connectivity index is 1.58. The minimum Gasteiger partial charge on any atom is -0.427 e. The minimum atomic E-state index is -0.426. The smallest absolute Gasteiger partial charge is 0.308 e. The summed E-state index contributed by atoms with van der Waals surface area (Å²) in [6, 6.07) is 18.9. The van der Waals surface area contributed by atoms with Gasteiger partial charge in [0.05, 0.1) is 0 Å². The molecule has 8 heteroatoms. The summed E-state index contributed by atoms with van der Waals surface area (Å²) in [5.74, 6) is -0.787. The highest BCUT2D eigenvalue weighted by atomic mass is 16.5. The summed E-state index contributed by atoms with van der Waals surface area (Å²) in [4.78, 5) is 46.7. The zero-order chi connectivity index (χ0) is 23.1. The maximum Gasteiger partial charge on any atom is 0.308 e. The Bertz CT molecular complexity index is 1040. The van der Waals surface area contributed by atoms with Gasteiger partial charge in [0.1, 0.15) is 11.5 Å². The van der Waals surface area contributed by atoms with Crippen LogP contribution in [0.5, 0.6) is 11.5 Å². The van der Waals surface area contributed by atoms with Gasteiger partial charge in [-0.05, 0) is 72.8 Å². The van der Waals surface area contributed by atoms with E-state index in [9.17, 15) is 19.2 Å². The van der Waals surface area contributed by atoms with Gasteiger partial charge in [-0.3, -0.25) is 19.2 Å². The van der Waals surface area contributed by atoms with Crippen LogP contribution < -0.4 is 20.1 Å². The molecule has 0 bridgehead atoms. The molecule has 3 aromatic rings. The molecule has 3 aromatic carbocycles. The van der Waals surface area contributed by atoms with E-state index in [1.54, 1.807) is 72.8 Å². The SMILES string of the molecule is CC(=O)Oc1ccc(NC(=O)c2ccc(C(=O)Nc3ccc(OC(C)=O)cc3)cc2)cc1. The van der Waals surface area contributed by atoms with Crippen molar-refractivity contribution in [3.63, 3.8) is 0 Å². The predicted octanol–water partition coefficient (Wildman–Crippen LogP) is 4.04. The Morgan fingerprint density at radius 1 is 0.531 bits per heavy atom. The molecule has 0 radical (unpaired) electrons. The van der Waals surface area contributed by atoms with Crippen LogP contribution in [0.25, 0.3) is 0 Å². The van der Waals surface area contributed by atoms with Gasteiger partial charge in [-0.1, -0.05) is 0 Å². The highest BCUT2D eigenvalue weighted by Gasteiger charge is 2.10. The molecule has 8 nitrogen and oxygen atoms in total. The summed E-state index contributed by atoms with van der Waals surface area (Å²) in [6.45, 7) is 2.61. The number of rotatable bonds is 6. The molecule has 0 saturated carbocycles. The highest BCUT2D eigenvalue weighted by molar-refractivity contribution is 6.07. The van der Waals surface area contributed by atoms with E-state index in [1.807, 2.05) is 0 Å². The summed E-state index contributed by atoms with van der Waals surface area (Å²) in [7, 11) is 0. The lowest BCUT2D eigenvalue weighted by Crippen LogP contribution is -2.14. The topological polar surface area (TPSA) is 111 Å². The number of nitrogens with one attached hydrogen (secondary N) is 2. The van der Waals surface area contributed by atoms with E-state index in [2.05, 4.69) is 10.6 Å². The van der Waals surface area contributed by atoms with Gasteiger partial charge in [0, 0.05) is 36.3 Å². The zero-order valence-corrected chi connectivity index (χ0v) is 17.4. The maximum absolute atomic E-state index is 12.4. The molecule has 0 aromatic heterocycles. The van der Waals surface area contributed by atoms with E-state index in [0.717, 1.165) is 0 Å². The molecule has 0 spiro atoms. The molecule has 32 heavy (non-hydrogen) atoms. The standard InChI is InChI=1S/C24H20N2O6/c1-15(27)31-21-11-7-19(8-12-21)25-23(29)17-3-5-18(6-4-17)24(30)26-20-9-13-22(14-10-20)32-16(2)28/h3-14H,1-2H3,(H,25,29)(H,26,30). The number of benzene rings is 3. The lowest BCUT2D eigenvalue weighted by molar-refractivity contribution is -0.132. The Morgan fingerprint density at radius 3 is 1.12 bits per heavy atom. The summed E-state index contributed by atoms with van der Waals surface area (Å²) in [6.07, 6.45) is 0. The fraction of sp³-hybridized carbons (Fsp3) is 0.0833. The van der Waals surface area contributed by atoms with Gasteiger partial charge in [0.25, 0.3) is 11.8 Å². The molecule has 0 aliphatic heterocycles. The number of anilines is 2. The second-order valence-electron chi connectivity index (χ2n) is 6.72. The van der Waals surface area contributed by atoms with Crippen LogP contribution in [0.1, 0.15) is 34.6 Å². The fourth-order valence-electron chi connectivity index (χ4n) is 2.72. The fourth-order valence-corrected chi connectivity index (χ4v) is 2.72. The third-order valence-electron chi connectivity index (χ3n) is 4.16. The Kier molecular flexibility index (Phi) is 6.97. The second kappa shape index (κ2) is 10.0. The Morgan fingerprint density at radius 2 is 0.844 bits per heavy atom. The van der Waals surface area contributed by atoms with Gasteiger partial charge in [-0.2, -0.15) is 0 Å². The molecule has 0 aliphatic carbocycles. The van der Waals surface area contributed by atoms with Crippen molar-refractivity contribution < 1.29 is 28.7 Å². The van der Waals surface area contributed by atoms with Crippen LogP contribution in [0.15, 0.2) is 72.8 Å². The number of carbonyl (C=O) groups is 4. The third kappa shape index (κ3) is 6.27. The summed E-state index contributed by atoms with van der Waals surface area (Å²) in [5.41, 5.74) is 1.81. The molecule has 3 rings (SSSR count). The number of ether oxygens (including phenoxy) is 2. The predicted molar refractivity (Wildman–Crippen MR) is 118 cm³/mol. The van der Waals surface area contributed by atoms with Crippen molar-refractivity contribution in [2.24, 2.45) is 0 Å².